The molecule has 0 saturated heterocycles. The Hall–Kier alpha value is -2.63. The first-order chi connectivity index (χ1) is 12.8. The van der Waals surface area contributed by atoms with Gasteiger partial charge in [0.1, 0.15) is 6.04 Å². The molecular weight excluding hydrogens is 342 g/mol. The van der Waals surface area contributed by atoms with Crippen LogP contribution in [0.3, 0.4) is 0 Å². The lowest BCUT2D eigenvalue weighted by Crippen LogP contribution is -2.49. The zero-order chi connectivity index (χ0) is 19.7. The van der Waals surface area contributed by atoms with Gasteiger partial charge in [-0.3, -0.25) is 9.48 Å². The first kappa shape index (κ1) is 19.1. The smallest absolute Gasteiger partial charge is 0.326 e. The highest BCUT2D eigenvalue weighted by atomic mass is 16.4. The molecule has 0 saturated carbocycles. The topological polar surface area (TPSA) is 75.4 Å². The average molecular weight is 369 g/mol. The second-order valence-electron chi connectivity index (χ2n) is 7.75. The summed E-state index contributed by atoms with van der Waals surface area (Å²) >= 11 is 0. The predicted octanol–water partition coefficient (Wildman–Crippen LogP) is 2.74. The molecule has 27 heavy (non-hydrogen) atoms. The van der Waals surface area contributed by atoms with E-state index in [1.165, 1.54) is 4.90 Å². The molecule has 6 nitrogen and oxygen atoms in total. The van der Waals surface area contributed by atoms with Crippen molar-refractivity contribution in [2.75, 3.05) is 0 Å². The lowest BCUT2D eigenvalue weighted by molar-refractivity contribution is -0.151. The SMILES string of the molecule is Cc1nn(CC(C)C)c(C)c1CC(=O)N1Cc2ccccc2CC1C(=O)O. The molecule has 2 heterocycles. The molecule has 1 unspecified atom stereocenters. The van der Waals surface area contributed by atoms with Gasteiger partial charge in [-0.1, -0.05) is 38.1 Å². The van der Waals surface area contributed by atoms with Crippen molar-refractivity contribution < 1.29 is 14.7 Å². The minimum atomic E-state index is -0.957. The van der Waals surface area contributed by atoms with Crippen LogP contribution in [0.25, 0.3) is 0 Å². The molecule has 1 amide bonds. The Labute approximate surface area is 159 Å². The number of aryl methyl sites for hydroxylation is 1. The molecule has 0 bridgehead atoms. The van der Waals surface area contributed by atoms with E-state index >= 15 is 0 Å². The van der Waals surface area contributed by atoms with Crippen molar-refractivity contribution in [3.8, 4) is 0 Å². The molecule has 0 spiro atoms. The Morgan fingerprint density at radius 1 is 1.22 bits per heavy atom. The quantitative estimate of drug-likeness (QED) is 0.879. The van der Waals surface area contributed by atoms with Crippen molar-refractivity contribution in [2.45, 2.75) is 59.7 Å². The molecule has 1 atom stereocenters. The fourth-order valence-corrected chi connectivity index (χ4v) is 3.77. The minimum absolute atomic E-state index is 0.160. The van der Waals surface area contributed by atoms with E-state index in [0.29, 0.717) is 18.9 Å². The summed E-state index contributed by atoms with van der Waals surface area (Å²) in [5, 5.41) is 14.2. The molecule has 1 aromatic carbocycles. The number of fused-ring (bicyclic) bond motifs is 1. The summed E-state index contributed by atoms with van der Waals surface area (Å²) < 4.78 is 1.95. The van der Waals surface area contributed by atoms with Gasteiger partial charge in [0.25, 0.3) is 0 Å². The zero-order valence-electron chi connectivity index (χ0n) is 16.4. The maximum absolute atomic E-state index is 13.1. The van der Waals surface area contributed by atoms with Crippen molar-refractivity contribution in [3.05, 3.63) is 52.3 Å². The fourth-order valence-electron chi connectivity index (χ4n) is 3.77. The number of hydrogen-bond acceptors (Lipinski definition) is 3. The number of aliphatic carboxylic acids is 1. The highest BCUT2D eigenvalue weighted by Gasteiger charge is 2.34. The summed E-state index contributed by atoms with van der Waals surface area (Å²) in [6.45, 7) is 9.28. The summed E-state index contributed by atoms with van der Waals surface area (Å²) in [5.74, 6) is -0.657. The van der Waals surface area contributed by atoms with Crippen molar-refractivity contribution in [1.29, 1.82) is 0 Å². The van der Waals surface area contributed by atoms with Crippen molar-refractivity contribution in [1.82, 2.24) is 14.7 Å². The molecule has 0 fully saturated rings. The number of carboxylic acids is 1. The van der Waals surface area contributed by atoms with E-state index in [4.69, 9.17) is 0 Å². The van der Waals surface area contributed by atoms with Crippen LogP contribution < -0.4 is 0 Å². The summed E-state index contributed by atoms with van der Waals surface area (Å²) in [7, 11) is 0. The summed E-state index contributed by atoms with van der Waals surface area (Å²) in [4.78, 5) is 26.3. The molecule has 3 rings (SSSR count). The number of benzene rings is 1. The molecule has 1 N–H and O–H groups in total. The highest BCUT2D eigenvalue weighted by Crippen LogP contribution is 2.25. The van der Waals surface area contributed by atoms with E-state index in [0.717, 1.165) is 34.6 Å². The maximum atomic E-state index is 13.1. The van der Waals surface area contributed by atoms with E-state index in [1.807, 2.05) is 42.8 Å². The summed E-state index contributed by atoms with van der Waals surface area (Å²) in [6, 6.07) is 6.92. The van der Waals surface area contributed by atoms with Crippen LogP contribution in [0, 0.1) is 19.8 Å². The van der Waals surface area contributed by atoms with Gasteiger partial charge >= 0.3 is 5.97 Å². The number of carbonyl (C=O) groups excluding carboxylic acids is 1. The first-order valence-electron chi connectivity index (χ1n) is 9.39. The molecule has 1 aromatic heterocycles. The van der Waals surface area contributed by atoms with E-state index in [1.54, 1.807) is 0 Å². The number of rotatable bonds is 5. The molecule has 1 aliphatic rings. The van der Waals surface area contributed by atoms with Crippen LogP contribution in [0.15, 0.2) is 24.3 Å². The van der Waals surface area contributed by atoms with Gasteiger partial charge in [-0.05, 0) is 30.9 Å². The van der Waals surface area contributed by atoms with Gasteiger partial charge in [0.05, 0.1) is 12.1 Å². The zero-order valence-corrected chi connectivity index (χ0v) is 16.4. The average Bonchev–Trinajstić information content (AvgIpc) is 2.87. The van der Waals surface area contributed by atoms with E-state index in [-0.39, 0.29) is 12.3 Å². The highest BCUT2D eigenvalue weighted by molar-refractivity contribution is 5.86. The lowest BCUT2D eigenvalue weighted by atomic mass is 9.93. The van der Waals surface area contributed by atoms with Crippen molar-refractivity contribution in [3.63, 3.8) is 0 Å². The standard InChI is InChI=1S/C21H27N3O3/c1-13(2)11-24-15(4)18(14(3)22-24)10-20(25)23-12-17-8-6-5-7-16(17)9-19(23)21(26)27/h5-8,13,19H,9-12H2,1-4H3,(H,26,27). The van der Waals surface area contributed by atoms with E-state index in [9.17, 15) is 14.7 Å². The Bertz CT molecular complexity index is 870. The Kier molecular flexibility index (Phi) is 5.35. The predicted molar refractivity (Wildman–Crippen MR) is 102 cm³/mol. The van der Waals surface area contributed by atoms with Crippen molar-refractivity contribution in [2.24, 2.45) is 5.92 Å². The van der Waals surface area contributed by atoms with Crippen LogP contribution in [0.2, 0.25) is 0 Å². The second-order valence-corrected chi connectivity index (χ2v) is 7.75. The van der Waals surface area contributed by atoms with Crippen LogP contribution >= 0.6 is 0 Å². The normalized spacial score (nSPS) is 16.5. The lowest BCUT2D eigenvalue weighted by Gasteiger charge is -2.34. The van der Waals surface area contributed by atoms with Crippen LogP contribution in [-0.2, 0) is 35.5 Å². The molecule has 0 radical (unpaired) electrons. The van der Waals surface area contributed by atoms with Crippen LogP contribution in [0.5, 0.6) is 0 Å². The van der Waals surface area contributed by atoms with Gasteiger partial charge in [-0.2, -0.15) is 5.10 Å². The molecule has 2 aromatic rings. The minimum Gasteiger partial charge on any atom is -0.480 e. The van der Waals surface area contributed by atoms with Gasteiger partial charge in [-0.15, -0.1) is 0 Å². The van der Waals surface area contributed by atoms with Gasteiger partial charge in [0, 0.05) is 30.8 Å². The van der Waals surface area contributed by atoms with Crippen LogP contribution in [-0.4, -0.2) is 37.7 Å². The fraction of sp³-hybridized carbons (Fsp3) is 0.476. The van der Waals surface area contributed by atoms with Gasteiger partial charge < -0.3 is 10.0 Å². The number of carbonyl (C=O) groups is 2. The second kappa shape index (κ2) is 7.55. The van der Waals surface area contributed by atoms with Gasteiger partial charge in [-0.25, -0.2) is 4.79 Å². The summed E-state index contributed by atoms with van der Waals surface area (Å²) in [6.07, 6.45) is 0.531. The third kappa shape index (κ3) is 3.89. The number of amides is 1. The molecular formula is C21H27N3O3. The number of carboxylic acid groups (broad SMARTS) is 1. The maximum Gasteiger partial charge on any atom is 0.326 e. The van der Waals surface area contributed by atoms with Gasteiger partial charge in [0.15, 0.2) is 0 Å². The van der Waals surface area contributed by atoms with Crippen LogP contribution in [0.4, 0.5) is 0 Å². The Morgan fingerprint density at radius 2 is 1.89 bits per heavy atom. The van der Waals surface area contributed by atoms with E-state index in [2.05, 4.69) is 18.9 Å². The Balaban J connectivity index is 1.85. The van der Waals surface area contributed by atoms with Crippen LogP contribution in [0.1, 0.15) is 41.9 Å². The van der Waals surface area contributed by atoms with E-state index < -0.39 is 12.0 Å². The molecule has 6 heteroatoms. The number of hydrogen-bond donors (Lipinski definition) is 1. The third-order valence-electron chi connectivity index (χ3n) is 5.25. The molecule has 144 valence electrons. The summed E-state index contributed by atoms with van der Waals surface area (Å²) in [5.41, 5.74) is 4.76. The molecule has 0 aliphatic carbocycles. The van der Waals surface area contributed by atoms with Gasteiger partial charge in [0.2, 0.25) is 5.91 Å². The molecule has 1 aliphatic heterocycles. The number of nitrogens with zero attached hydrogens (tertiary/aromatic N) is 3. The largest absolute Gasteiger partial charge is 0.480 e. The monoisotopic (exact) mass is 369 g/mol. The Morgan fingerprint density at radius 3 is 2.52 bits per heavy atom. The van der Waals surface area contributed by atoms with Crippen molar-refractivity contribution >= 4 is 11.9 Å². The third-order valence-corrected chi connectivity index (χ3v) is 5.25. The number of aromatic nitrogens is 2. The first-order valence-corrected chi connectivity index (χ1v) is 9.39.